The van der Waals surface area contributed by atoms with Crippen LogP contribution in [-0.2, 0) is 0 Å². The fourth-order valence-corrected chi connectivity index (χ4v) is 6.41. The van der Waals surface area contributed by atoms with Gasteiger partial charge in [0.05, 0.1) is 18.5 Å². The SMILES string of the molecule is CC(C)C[PH+](CCBr)CC(C)C.[Br-]. The molecule has 82 valence electrons. The molecule has 0 aliphatic carbocycles. The highest BCUT2D eigenvalue weighted by molar-refractivity contribution is 9.09. The van der Waals surface area contributed by atoms with E-state index in [0.717, 1.165) is 11.8 Å². The van der Waals surface area contributed by atoms with Gasteiger partial charge in [-0.3, -0.25) is 0 Å². The molecule has 0 N–H and O–H groups in total. The third-order valence-corrected chi connectivity index (χ3v) is 6.72. The molecule has 0 rings (SSSR count). The van der Waals surface area contributed by atoms with Crippen molar-refractivity contribution < 1.29 is 17.0 Å². The molecule has 3 heteroatoms. The van der Waals surface area contributed by atoms with E-state index in [1.165, 1.54) is 23.8 Å². The van der Waals surface area contributed by atoms with Crippen LogP contribution in [0.2, 0.25) is 0 Å². The second-order valence-electron chi connectivity index (χ2n) is 4.38. The van der Waals surface area contributed by atoms with E-state index in [0.29, 0.717) is 0 Å². The number of rotatable bonds is 6. The summed E-state index contributed by atoms with van der Waals surface area (Å²) >= 11 is 3.56. The van der Waals surface area contributed by atoms with Gasteiger partial charge in [0.2, 0.25) is 0 Å². The van der Waals surface area contributed by atoms with Gasteiger partial charge in [-0.25, -0.2) is 0 Å². The first kappa shape index (κ1) is 16.8. The molecule has 0 atom stereocenters. The van der Waals surface area contributed by atoms with Crippen LogP contribution in [0.25, 0.3) is 0 Å². The Balaban J connectivity index is 0. The zero-order valence-electron chi connectivity index (χ0n) is 9.24. The molecule has 0 radical (unpaired) electrons. The van der Waals surface area contributed by atoms with E-state index in [2.05, 4.69) is 43.6 Å². The highest BCUT2D eigenvalue weighted by Crippen LogP contribution is 2.39. The average Bonchev–Trinajstić information content (AvgIpc) is 1.84. The van der Waals surface area contributed by atoms with Crippen molar-refractivity contribution in [2.24, 2.45) is 11.8 Å². The zero-order chi connectivity index (χ0) is 9.56. The fraction of sp³-hybridized carbons (Fsp3) is 1.00. The van der Waals surface area contributed by atoms with Gasteiger partial charge in [0.25, 0.3) is 0 Å². The Labute approximate surface area is 104 Å². The van der Waals surface area contributed by atoms with Gasteiger partial charge in [0, 0.05) is 13.3 Å². The maximum absolute atomic E-state index is 3.56. The third kappa shape index (κ3) is 11.3. The molecule has 0 unspecified atom stereocenters. The molecule has 0 aliphatic heterocycles. The number of hydrogen-bond donors (Lipinski definition) is 0. The van der Waals surface area contributed by atoms with Gasteiger partial charge < -0.3 is 17.0 Å². The molecule has 0 aromatic rings. The normalized spacial score (nSPS) is 11.1. The van der Waals surface area contributed by atoms with Gasteiger partial charge in [-0.1, -0.05) is 43.6 Å². The van der Waals surface area contributed by atoms with Gasteiger partial charge >= 0.3 is 0 Å². The summed E-state index contributed by atoms with van der Waals surface area (Å²) in [6, 6.07) is 0. The van der Waals surface area contributed by atoms with Crippen molar-refractivity contribution >= 4 is 23.9 Å². The smallest absolute Gasteiger partial charge is 0.0669 e. The maximum Gasteiger partial charge on any atom is 0.0669 e. The van der Waals surface area contributed by atoms with E-state index >= 15 is 0 Å². The summed E-state index contributed by atoms with van der Waals surface area (Å²) in [5.74, 6) is 1.80. The van der Waals surface area contributed by atoms with Gasteiger partial charge in [-0.2, -0.15) is 0 Å². The number of halogens is 2. The Bertz CT molecular complexity index is 95.1. The second kappa shape index (κ2) is 9.93. The van der Waals surface area contributed by atoms with Crippen molar-refractivity contribution in [2.45, 2.75) is 27.7 Å². The summed E-state index contributed by atoms with van der Waals surface area (Å²) in [5.41, 5.74) is 0. The Morgan fingerprint density at radius 2 is 1.38 bits per heavy atom. The number of hydrogen-bond acceptors (Lipinski definition) is 0. The van der Waals surface area contributed by atoms with Gasteiger partial charge in [0.1, 0.15) is 0 Å². The summed E-state index contributed by atoms with van der Waals surface area (Å²) < 4.78 is 0. The van der Waals surface area contributed by atoms with Crippen molar-refractivity contribution in [3.63, 3.8) is 0 Å². The summed E-state index contributed by atoms with van der Waals surface area (Å²) in [5, 5.41) is 1.21. The number of alkyl halides is 1. The van der Waals surface area contributed by atoms with Crippen LogP contribution in [-0.4, -0.2) is 23.8 Å². The van der Waals surface area contributed by atoms with Crippen LogP contribution in [0.15, 0.2) is 0 Å². The minimum Gasteiger partial charge on any atom is -1.00 e. The Morgan fingerprint density at radius 3 is 1.62 bits per heavy atom. The monoisotopic (exact) mass is 332 g/mol. The van der Waals surface area contributed by atoms with Crippen LogP contribution in [0.4, 0.5) is 0 Å². The van der Waals surface area contributed by atoms with Gasteiger partial charge in [-0.15, -0.1) is 0 Å². The molecule has 0 bridgehead atoms. The molecule has 13 heavy (non-hydrogen) atoms. The quantitative estimate of drug-likeness (QED) is 0.501. The summed E-state index contributed by atoms with van der Waals surface area (Å²) in [7, 11) is -0.0415. The third-order valence-electron chi connectivity index (χ3n) is 1.84. The lowest BCUT2D eigenvalue weighted by Crippen LogP contribution is -3.00. The van der Waals surface area contributed by atoms with E-state index in [9.17, 15) is 0 Å². The molecule has 0 aliphatic rings. The molecule has 0 aromatic heterocycles. The van der Waals surface area contributed by atoms with E-state index in [-0.39, 0.29) is 24.9 Å². The largest absolute Gasteiger partial charge is 1.00 e. The van der Waals surface area contributed by atoms with E-state index in [4.69, 9.17) is 0 Å². The van der Waals surface area contributed by atoms with Crippen LogP contribution in [0.3, 0.4) is 0 Å². The lowest BCUT2D eigenvalue weighted by Gasteiger charge is -2.13. The predicted octanol–water partition coefficient (Wildman–Crippen LogP) is 0.911. The molecule has 0 nitrogen and oxygen atoms in total. The first-order chi connectivity index (χ1) is 5.56. The first-order valence-corrected chi connectivity index (χ1v) is 8.20. The van der Waals surface area contributed by atoms with E-state index in [1.807, 2.05) is 0 Å². The summed E-state index contributed by atoms with van der Waals surface area (Å²) in [4.78, 5) is 0. The molecule has 0 saturated heterocycles. The topological polar surface area (TPSA) is 0 Å². The van der Waals surface area contributed by atoms with Crippen LogP contribution in [0, 0.1) is 11.8 Å². The Morgan fingerprint density at radius 1 is 1.00 bits per heavy atom. The summed E-state index contributed by atoms with van der Waals surface area (Å²) in [6.07, 6.45) is 4.43. The van der Waals surface area contributed by atoms with Gasteiger partial charge in [0.15, 0.2) is 0 Å². The first-order valence-electron chi connectivity index (χ1n) is 4.95. The van der Waals surface area contributed by atoms with Crippen LogP contribution >= 0.6 is 23.9 Å². The van der Waals surface area contributed by atoms with Crippen molar-refractivity contribution in [3.05, 3.63) is 0 Å². The minimum atomic E-state index is -0.0415. The van der Waals surface area contributed by atoms with Crippen molar-refractivity contribution in [2.75, 3.05) is 23.8 Å². The Kier molecular flexibility index (Phi) is 12.8. The Hall–Kier alpha value is 1.39. The zero-order valence-corrected chi connectivity index (χ0v) is 13.4. The molecule has 0 heterocycles. The predicted molar refractivity (Wildman–Crippen MR) is 66.4 cm³/mol. The lowest BCUT2D eigenvalue weighted by atomic mass is 10.3. The van der Waals surface area contributed by atoms with Crippen molar-refractivity contribution in [1.82, 2.24) is 0 Å². The molecule has 0 amide bonds. The lowest BCUT2D eigenvalue weighted by molar-refractivity contribution is -0.00000296. The minimum absolute atomic E-state index is 0. The molecular weight excluding hydrogens is 311 g/mol. The molecule has 0 aromatic carbocycles. The molecule has 0 spiro atoms. The standard InChI is InChI=1S/C10H22BrP.BrH/c1-9(2)7-12(6-5-11)8-10(3)4;/h9-10H,5-8H2,1-4H3;1H. The van der Waals surface area contributed by atoms with E-state index < -0.39 is 0 Å². The fourth-order valence-electron chi connectivity index (χ4n) is 1.58. The van der Waals surface area contributed by atoms with Crippen molar-refractivity contribution in [3.8, 4) is 0 Å². The highest BCUT2D eigenvalue weighted by Gasteiger charge is 2.17. The van der Waals surface area contributed by atoms with Gasteiger partial charge in [-0.05, 0) is 11.8 Å². The summed E-state index contributed by atoms with van der Waals surface area (Å²) in [6.45, 7) is 9.39. The van der Waals surface area contributed by atoms with E-state index in [1.54, 1.807) is 0 Å². The van der Waals surface area contributed by atoms with Crippen LogP contribution in [0.5, 0.6) is 0 Å². The molecule has 0 saturated carbocycles. The highest BCUT2D eigenvalue weighted by atomic mass is 79.9. The molecule has 0 fully saturated rings. The second-order valence-corrected chi connectivity index (χ2v) is 7.99. The van der Waals surface area contributed by atoms with Crippen LogP contribution in [0.1, 0.15) is 27.7 Å². The van der Waals surface area contributed by atoms with Crippen LogP contribution < -0.4 is 17.0 Å². The average molecular weight is 334 g/mol. The maximum atomic E-state index is 3.56. The van der Waals surface area contributed by atoms with Crippen molar-refractivity contribution in [1.29, 1.82) is 0 Å². The molecular formula is C10H23Br2P.